The molecule has 1 amide bonds. The van der Waals surface area contributed by atoms with E-state index in [2.05, 4.69) is 0 Å². The van der Waals surface area contributed by atoms with Crippen LogP contribution in [0.2, 0.25) is 0 Å². The minimum atomic E-state index is -0.806. The number of amides is 1. The summed E-state index contributed by atoms with van der Waals surface area (Å²) in [6.45, 7) is 1.44. The van der Waals surface area contributed by atoms with Crippen molar-refractivity contribution in [3.63, 3.8) is 0 Å². The maximum absolute atomic E-state index is 12.8. The molecule has 2 aliphatic heterocycles. The number of nitrogens with zero attached hydrogens (tertiary/aromatic N) is 1. The number of methoxy groups -OCH3 is 1. The van der Waals surface area contributed by atoms with Crippen molar-refractivity contribution in [2.24, 2.45) is 0 Å². The van der Waals surface area contributed by atoms with Crippen LogP contribution in [0.15, 0.2) is 18.2 Å². The van der Waals surface area contributed by atoms with Gasteiger partial charge in [0.05, 0.1) is 24.8 Å². The third-order valence-electron chi connectivity index (χ3n) is 4.26. The fourth-order valence-electron chi connectivity index (χ4n) is 2.88. The first-order valence-electron chi connectivity index (χ1n) is 7.58. The molecule has 1 aromatic carbocycles. The Kier molecular flexibility index (Phi) is 4.70. The molecule has 0 aromatic heterocycles. The molecular formula is C16H21NO6. The molecule has 0 unspecified atom stereocenters. The van der Waals surface area contributed by atoms with E-state index < -0.39 is 18.2 Å². The van der Waals surface area contributed by atoms with Gasteiger partial charge in [0.15, 0.2) is 11.5 Å². The van der Waals surface area contributed by atoms with Crippen LogP contribution in [0.4, 0.5) is 0 Å². The van der Waals surface area contributed by atoms with Crippen molar-refractivity contribution >= 4 is 5.91 Å². The number of hydrogen-bond donors (Lipinski definition) is 1. The Morgan fingerprint density at radius 3 is 2.87 bits per heavy atom. The van der Waals surface area contributed by atoms with E-state index in [1.54, 1.807) is 25.2 Å². The molecule has 2 heterocycles. The van der Waals surface area contributed by atoms with Gasteiger partial charge in [0.25, 0.3) is 5.91 Å². The second-order valence-electron chi connectivity index (χ2n) is 5.62. The minimum absolute atomic E-state index is 0.253. The lowest BCUT2D eigenvalue weighted by molar-refractivity contribution is -0.135. The van der Waals surface area contributed by atoms with E-state index in [-0.39, 0.29) is 12.5 Å². The van der Waals surface area contributed by atoms with Crippen LogP contribution in [-0.4, -0.2) is 74.7 Å². The van der Waals surface area contributed by atoms with E-state index in [1.165, 1.54) is 12.0 Å². The number of likely N-dealkylation sites (N-methyl/N-ethyl adjacent to an activating group) is 1. The Morgan fingerprint density at radius 1 is 1.30 bits per heavy atom. The van der Waals surface area contributed by atoms with E-state index in [0.717, 1.165) is 0 Å². The van der Waals surface area contributed by atoms with Gasteiger partial charge in [-0.3, -0.25) is 4.79 Å². The largest absolute Gasteiger partial charge is 0.486 e. The number of hydrogen-bond acceptors (Lipinski definition) is 6. The van der Waals surface area contributed by atoms with Gasteiger partial charge in [-0.05, 0) is 12.1 Å². The number of aliphatic hydroxyl groups is 1. The van der Waals surface area contributed by atoms with Crippen molar-refractivity contribution in [1.29, 1.82) is 0 Å². The number of para-hydroxylation sites is 1. The van der Waals surface area contributed by atoms with E-state index in [1.807, 2.05) is 0 Å². The molecule has 1 fully saturated rings. The molecule has 0 bridgehead atoms. The Hall–Kier alpha value is -1.83. The highest BCUT2D eigenvalue weighted by Crippen LogP contribution is 2.34. The van der Waals surface area contributed by atoms with Gasteiger partial charge in [-0.2, -0.15) is 0 Å². The third kappa shape index (κ3) is 2.99. The van der Waals surface area contributed by atoms with Gasteiger partial charge in [0.1, 0.15) is 25.4 Å². The zero-order valence-corrected chi connectivity index (χ0v) is 13.2. The summed E-state index contributed by atoms with van der Waals surface area (Å²) >= 11 is 0. The summed E-state index contributed by atoms with van der Waals surface area (Å²) in [5.74, 6) is 0.757. The predicted octanol–water partition coefficient (Wildman–Crippen LogP) is 0.304. The van der Waals surface area contributed by atoms with Crippen molar-refractivity contribution in [3.8, 4) is 11.5 Å². The van der Waals surface area contributed by atoms with Crippen LogP contribution >= 0.6 is 0 Å². The first-order valence-corrected chi connectivity index (χ1v) is 7.58. The van der Waals surface area contributed by atoms with Gasteiger partial charge in [0.2, 0.25) is 0 Å². The normalized spacial score (nSPS) is 26.7. The smallest absolute Gasteiger partial charge is 0.257 e. The second-order valence-corrected chi connectivity index (χ2v) is 5.62. The molecule has 0 spiro atoms. The molecule has 3 atom stereocenters. The number of aliphatic hydroxyl groups excluding tert-OH is 1. The van der Waals surface area contributed by atoms with Crippen molar-refractivity contribution < 1.29 is 28.8 Å². The molecule has 0 radical (unpaired) electrons. The maximum Gasteiger partial charge on any atom is 0.257 e. The fourth-order valence-corrected chi connectivity index (χ4v) is 2.88. The lowest BCUT2D eigenvalue weighted by Gasteiger charge is -2.39. The molecular weight excluding hydrogens is 302 g/mol. The monoisotopic (exact) mass is 323 g/mol. The van der Waals surface area contributed by atoms with Gasteiger partial charge >= 0.3 is 0 Å². The lowest BCUT2D eigenvalue weighted by atomic mass is 10.0. The van der Waals surface area contributed by atoms with Crippen LogP contribution in [0.5, 0.6) is 11.5 Å². The summed E-state index contributed by atoms with van der Waals surface area (Å²) < 4.78 is 21.7. The zero-order valence-electron chi connectivity index (χ0n) is 13.2. The summed E-state index contributed by atoms with van der Waals surface area (Å²) in [7, 11) is 3.15. The van der Waals surface area contributed by atoms with Crippen LogP contribution in [-0.2, 0) is 9.47 Å². The van der Waals surface area contributed by atoms with Gasteiger partial charge in [-0.25, -0.2) is 0 Å². The van der Waals surface area contributed by atoms with E-state index in [4.69, 9.17) is 18.9 Å². The SMILES string of the molecule is CO[C@@H]1COC[C@@H](N(C)C(=O)c2cccc3c2OCCO3)[C@@H]1O. The first-order chi connectivity index (χ1) is 11.1. The van der Waals surface area contributed by atoms with E-state index in [0.29, 0.717) is 36.9 Å². The van der Waals surface area contributed by atoms with Crippen molar-refractivity contribution in [2.45, 2.75) is 18.2 Å². The number of carbonyl (C=O) groups is 1. The zero-order chi connectivity index (χ0) is 16.4. The highest BCUT2D eigenvalue weighted by Gasteiger charge is 2.38. The van der Waals surface area contributed by atoms with E-state index in [9.17, 15) is 9.90 Å². The molecule has 23 heavy (non-hydrogen) atoms. The number of rotatable bonds is 3. The minimum Gasteiger partial charge on any atom is -0.486 e. The Labute approximate surface area is 134 Å². The topological polar surface area (TPSA) is 77.5 Å². The number of benzene rings is 1. The average molecular weight is 323 g/mol. The van der Waals surface area contributed by atoms with Crippen LogP contribution in [0, 0.1) is 0 Å². The molecule has 1 aromatic rings. The third-order valence-corrected chi connectivity index (χ3v) is 4.26. The second kappa shape index (κ2) is 6.74. The predicted molar refractivity (Wildman–Crippen MR) is 80.9 cm³/mol. The Bertz CT molecular complexity index is 578. The molecule has 126 valence electrons. The molecule has 7 heteroatoms. The van der Waals surface area contributed by atoms with Gasteiger partial charge in [-0.15, -0.1) is 0 Å². The number of fused-ring (bicyclic) bond motifs is 1. The van der Waals surface area contributed by atoms with Crippen LogP contribution in [0.25, 0.3) is 0 Å². The van der Waals surface area contributed by atoms with Crippen molar-refractivity contribution in [2.75, 3.05) is 40.6 Å². The van der Waals surface area contributed by atoms with Crippen LogP contribution in [0.1, 0.15) is 10.4 Å². The standard InChI is InChI=1S/C16H21NO6/c1-17(11-8-21-9-13(20-2)14(11)18)16(19)10-4-3-5-12-15(10)23-7-6-22-12/h3-5,11,13-14,18H,6-9H2,1-2H3/t11-,13-,14+/m1/s1. The summed E-state index contributed by atoms with van der Waals surface area (Å²) in [4.78, 5) is 14.3. The quantitative estimate of drug-likeness (QED) is 0.862. The average Bonchev–Trinajstić information content (AvgIpc) is 2.60. The molecule has 3 rings (SSSR count). The molecule has 0 saturated carbocycles. The summed E-state index contributed by atoms with van der Waals surface area (Å²) in [5.41, 5.74) is 0.413. The fraction of sp³-hybridized carbons (Fsp3) is 0.562. The highest BCUT2D eigenvalue weighted by atomic mass is 16.6. The molecule has 1 saturated heterocycles. The molecule has 1 N–H and O–H groups in total. The van der Waals surface area contributed by atoms with Gasteiger partial charge < -0.3 is 29.0 Å². The summed E-state index contributed by atoms with van der Waals surface area (Å²) in [5, 5.41) is 10.4. The van der Waals surface area contributed by atoms with E-state index >= 15 is 0 Å². The number of ether oxygens (including phenoxy) is 4. The van der Waals surface area contributed by atoms with Gasteiger partial charge in [-0.1, -0.05) is 6.07 Å². The summed E-state index contributed by atoms with van der Waals surface area (Å²) in [6.07, 6.45) is -1.26. The Morgan fingerprint density at radius 2 is 2.09 bits per heavy atom. The molecule has 7 nitrogen and oxygen atoms in total. The van der Waals surface area contributed by atoms with Crippen molar-refractivity contribution in [1.82, 2.24) is 4.90 Å². The summed E-state index contributed by atoms with van der Waals surface area (Å²) in [6, 6.07) is 4.73. The highest BCUT2D eigenvalue weighted by molar-refractivity contribution is 5.98. The van der Waals surface area contributed by atoms with Crippen LogP contribution < -0.4 is 9.47 Å². The molecule has 0 aliphatic carbocycles. The van der Waals surface area contributed by atoms with Crippen LogP contribution in [0.3, 0.4) is 0 Å². The maximum atomic E-state index is 12.8. The number of carbonyl (C=O) groups excluding carboxylic acids is 1. The molecule has 2 aliphatic rings. The Balaban J connectivity index is 1.83. The first kappa shape index (κ1) is 16.0. The lowest BCUT2D eigenvalue weighted by Crippen LogP contribution is -2.56. The van der Waals surface area contributed by atoms with Crippen molar-refractivity contribution in [3.05, 3.63) is 23.8 Å². The van der Waals surface area contributed by atoms with Gasteiger partial charge in [0, 0.05) is 14.2 Å².